The van der Waals surface area contributed by atoms with Crippen molar-refractivity contribution >= 4 is 41.0 Å². The number of nitrogens with one attached hydrogen (secondary N) is 1. The lowest BCUT2D eigenvalue weighted by Crippen LogP contribution is -2.37. The standard InChI is InChI=1S/C19H19ClF2N2O6/c20-13-7-10(5-6-14(13)30-19(21)22)23-15(25)9-29-16(26)8-24-17(27)11-3-1-2-4-12(11)18(24)28/h5-7,11-12,19H,1-4,8-9H2,(H,23,25). The number of hydrogen-bond acceptors (Lipinski definition) is 6. The predicted octanol–water partition coefficient (Wildman–Crippen LogP) is 2.60. The highest BCUT2D eigenvalue weighted by Crippen LogP contribution is 2.37. The summed E-state index contributed by atoms with van der Waals surface area (Å²) < 4.78 is 33.5. The van der Waals surface area contributed by atoms with Crippen LogP contribution in [0.25, 0.3) is 0 Å². The zero-order valence-electron chi connectivity index (χ0n) is 15.7. The van der Waals surface area contributed by atoms with Gasteiger partial charge >= 0.3 is 12.6 Å². The predicted molar refractivity (Wildman–Crippen MR) is 99.8 cm³/mol. The Hall–Kier alpha value is -2.75. The number of benzene rings is 1. The Balaban J connectivity index is 1.48. The van der Waals surface area contributed by atoms with E-state index in [4.69, 9.17) is 16.3 Å². The van der Waals surface area contributed by atoms with Gasteiger partial charge in [-0.25, -0.2) is 0 Å². The molecule has 2 aliphatic rings. The van der Waals surface area contributed by atoms with Gasteiger partial charge < -0.3 is 14.8 Å². The van der Waals surface area contributed by atoms with Crippen molar-refractivity contribution in [1.82, 2.24) is 4.90 Å². The number of anilines is 1. The number of amides is 3. The lowest BCUT2D eigenvalue weighted by Gasteiger charge is -2.19. The van der Waals surface area contributed by atoms with Crippen molar-refractivity contribution in [3.05, 3.63) is 23.2 Å². The van der Waals surface area contributed by atoms with E-state index in [2.05, 4.69) is 10.1 Å². The van der Waals surface area contributed by atoms with Gasteiger partial charge in [-0.1, -0.05) is 24.4 Å². The summed E-state index contributed by atoms with van der Waals surface area (Å²) in [5, 5.41) is 2.24. The van der Waals surface area contributed by atoms with E-state index in [1.54, 1.807) is 0 Å². The first-order valence-corrected chi connectivity index (χ1v) is 9.69. The highest BCUT2D eigenvalue weighted by Gasteiger charge is 2.48. The van der Waals surface area contributed by atoms with Gasteiger partial charge in [-0.3, -0.25) is 24.1 Å². The van der Waals surface area contributed by atoms with E-state index in [0.29, 0.717) is 12.8 Å². The Morgan fingerprint density at radius 3 is 2.37 bits per heavy atom. The van der Waals surface area contributed by atoms with Crippen LogP contribution in [0.4, 0.5) is 14.5 Å². The molecule has 11 heteroatoms. The van der Waals surface area contributed by atoms with E-state index in [1.807, 2.05) is 0 Å². The fourth-order valence-corrected chi connectivity index (χ4v) is 3.90. The van der Waals surface area contributed by atoms with Crippen molar-refractivity contribution in [3.63, 3.8) is 0 Å². The molecule has 1 saturated heterocycles. The molecular weight excluding hydrogens is 426 g/mol. The van der Waals surface area contributed by atoms with Crippen molar-refractivity contribution in [2.45, 2.75) is 32.3 Å². The van der Waals surface area contributed by atoms with Crippen LogP contribution in [0.1, 0.15) is 25.7 Å². The summed E-state index contributed by atoms with van der Waals surface area (Å²) in [6.07, 6.45) is 3.01. The van der Waals surface area contributed by atoms with E-state index < -0.39 is 31.6 Å². The third kappa shape index (κ3) is 5.05. The zero-order valence-corrected chi connectivity index (χ0v) is 16.5. The SMILES string of the molecule is O=C(COC(=O)CN1C(=O)C2CCCCC2C1=O)Nc1ccc(OC(F)F)c(Cl)c1. The molecule has 0 bridgehead atoms. The molecule has 3 rings (SSSR count). The summed E-state index contributed by atoms with van der Waals surface area (Å²) in [6, 6.07) is 3.63. The van der Waals surface area contributed by atoms with E-state index in [9.17, 15) is 28.0 Å². The Bertz CT molecular complexity index is 841. The number of imide groups is 1. The third-order valence-corrected chi connectivity index (χ3v) is 5.31. The molecule has 0 spiro atoms. The molecular formula is C19H19ClF2N2O6. The zero-order chi connectivity index (χ0) is 21.8. The van der Waals surface area contributed by atoms with Crippen LogP contribution >= 0.6 is 11.6 Å². The second-order valence-corrected chi connectivity index (χ2v) is 7.40. The summed E-state index contributed by atoms with van der Waals surface area (Å²) in [4.78, 5) is 49.5. The molecule has 3 amide bonds. The number of nitrogens with zero attached hydrogens (tertiary/aromatic N) is 1. The minimum Gasteiger partial charge on any atom is -0.454 e. The number of alkyl halides is 2. The molecule has 1 heterocycles. The number of ether oxygens (including phenoxy) is 2. The molecule has 0 radical (unpaired) electrons. The second-order valence-electron chi connectivity index (χ2n) is 6.99. The van der Waals surface area contributed by atoms with Gasteiger partial charge in [0, 0.05) is 5.69 Å². The van der Waals surface area contributed by atoms with Gasteiger partial charge in [0.25, 0.3) is 5.91 Å². The maximum atomic E-state index is 12.3. The first-order chi connectivity index (χ1) is 14.3. The Morgan fingerprint density at radius 1 is 1.17 bits per heavy atom. The summed E-state index contributed by atoms with van der Waals surface area (Å²) in [5.74, 6) is -3.33. The molecule has 1 aromatic rings. The molecule has 162 valence electrons. The second kappa shape index (κ2) is 9.38. The Kier molecular flexibility index (Phi) is 6.86. The lowest BCUT2D eigenvalue weighted by atomic mass is 9.81. The minimum atomic E-state index is -3.04. The largest absolute Gasteiger partial charge is 0.454 e. The number of rotatable bonds is 7. The van der Waals surface area contributed by atoms with Crippen LogP contribution < -0.4 is 10.1 Å². The van der Waals surface area contributed by atoms with Crippen LogP contribution in [0.2, 0.25) is 5.02 Å². The molecule has 2 fully saturated rings. The van der Waals surface area contributed by atoms with Crippen LogP contribution in [0.15, 0.2) is 18.2 Å². The van der Waals surface area contributed by atoms with Crippen LogP contribution in [-0.2, 0) is 23.9 Å². The van der Waals surface area contributed by atoms with Gasteiger partial charge in [0.05, 0.1) is 16.9 Å². The molecule has 0 aromatic heterocycles. The van der Waals surface area contributed by atoms with Crippen LogP contribution in [0, 0.1) is 11.8 Å². The van der Waals surface area contributed by atoms with Crippen molar-refractivity contribution in [2.75, 3.05) is 18.5 Å². The van der Waals surface area contributed by atoms with Crippen LogP contribution in [0.5, 0.6) is 5.75 Å². The first-order valence-electron chi connectivity index (χ1n) is 9.31. The van der Waals surface area contributed by atoms with E-state index in [0.717, 1.165) is 23.8 Å². The normalized spacial score (nSPS) is 20.9. The van der Waals surface area contributed by atoms with Gasteiger partial charge in [0.2, 0.25) is 11.8 Å². The van der Waals surface area contributed by atoms with Crippen LogP contribution in [0.3, 0.4) is 0 Å². The van der Waals surface area contributed by atoms with Crippen molar-refractivity contribution in [3.8, 4) is 5.75 Å². The maximum Gasteiger partial charge on any atom is 0.387 e. The monoisotopic (exact) mass is 444 g/mol. The third-order valence-electron chi connectivity index (χ3n) is 5.02. The molecule has 8 nitrogen and oxygen atoms in total. The van der Waals surface area contributed by atoms with Gasteiger partial charge in [0.15, 0.2) is 6.61 Å². The van der Waals surface area contributed by atoms with Gasteiger partial charge in [-0.05, 0) is 31.0 Å². The molecule has 2 unspecified atom stereocenters. The minimum absolute atomic E-state index is 0.141. The summed E-state index contributed by atoms with van der Waals surface area (Å²) in [7, 11) is 0. The summed E-state index contributed by atoms with van der Waals surface area (Å²) >= 11 is 5.79. The first kappa shape index (κ1) is 21.9. The molecule has 1 saturated carbocycles. The topological polar surface area (TPSA) is 102 Å². The van der Waals surface area contributed by atoms with E-state index >= 15 is 0 Å². The number of likely N-dealkylation sites (tertiary alicyclic amines) is 1. The number of fused-ring (bicyclic) bond motifs is 1. The Labute approximate surface area is 175 Å². The molecule has 30 heavy (non-hydrogen) atoms. The fraction of sp³-hybridized carbons (Fsp3) is 0.474. The number of halogens is 3. The van der Waals surface area contributed by atoms with E-state index in [1.165, 1.54) is 12.1 Å². The molecule has 1 aromatic carbocycles. The average molecular weight is 445 g/mol. The van der Waals surface area contributed by atoms with Crippen molar-refractivity contribution < 1.29 is 37.4 Å². The highest BCUT2D eigenvalue weighted by molar-refractivity contribution is 6.32. The average Bonchev–Trinajstić information content (AvgIpc) is 2.93. The lowest BCUT2D eigenvalue weighted by molar-refractivity contribution is -0.154. The number of esters is 1. The van der Waals surface area contributed by atoms with E-state index in [-0.39, 0.29) is 40.1 Å². The van der Waals surface area contributed by atoms with Gasteiger partial charge in [0.1, 0.15) is 12.3 Å². The fourth-order valence-electron chi connectivity index (χ4n) is 3.67. The summed E-state index contributed by atoms with van der Waals surface area (Å²) in [5.41, 5.74) is 0.177. The number of carbonyl (C=O) groups is 4. The highest BCUT2D eigenvalue weighted by atomic mass is 35.5. The molecule has 1 aliphatic heterocycles. The quantitative estimate of drug-likeness (QED) is 0.512. The molecule has 1 aliphatic carbocycles. The smallest absolute Gasteiger partial charge is 0.387 e. The maximum absolute atomic E-state index is 12.3. The molecule has 1 N–H and O–H groups in total. The Morgan fingerprint density at radius 2 is 1.80 bits per heavy atom. The van der Waals surface area contributed by atoms with Gasteiger partial charge in [-0.2, -0.15) is 8.78 Å². The number of hydrogen-bond donors (Lipinski definition) is 1. The van der Waals surface area contributed by atoms with Crippen LogP contribution in [-0.4, -0.2) is 48.4 Å². The summed E-state index contributed by atoms with van der Waals surface area (Å²) in [6.45, 7) is -4.24. The molecule has 2 atom stereocenters. The van der Waals surface area contributed by atoms with Crippen molar-refractivity contribution in [2.24, 2.45) is 11.8 Å². The van der Waals surface area contributed by atoms with Crippen molar-refractivity contribution in [1.29, 1.82) is 0 Å². The van der Waals surface area contributed by atoms with Gasteiger partial charge in [-0.15, -0.1) is 0 Å². The number of carbonyl (C=O) groups excluding carboxylic acids is 4.